The number of hydrogen-bond donors (Lipinski definition) is 1. The molecule has 0 atom stereocenters. The van der Waals surface area contributed by atoms with Gasteiger partial charge in [-0.15, -0.1) is 0 Å². The summed E-state index contributed by atoms with van der Waals surface area (Å²) in [5.41, 5.74) is 2.68. The molecule has 3 heteroatoms. The van der Waals surface area contributed by atoms with Gasteiger partial charge in [0.2, 0.25) is 0 Å². The predicted molar refractivity (Wildman–Crippen MR) is 83.0 cm³/mol. The molecule has 3 nitrogen and oxygen atoms in total. The maximum absolute atomic E-state index is 6.28. The van der Waals surface area contributed by atoms with Crippen molar-refractivity contribution < 1.29 is 4.74 Å². The minimum absolute atomic E-state index is 0.366. The first-order valence-electron chi connectivity index (χ1n) is 7.83. The monoisotopic (exact) mass is 276 g/mol. The lowest BCUT2D eigenvalue weighted by atomic mass is 9.76. The Balaban J connectivity index is 2.02. The second kappa shape index (κ2) is 6.57. The van der Waals surface area contributed by atoms with Gasteiger partial charge in [0.25, 0.3) is 0 Å². The molecular weight excluding hydrogens is 248 g/mol. The first-order chi connectivity index (χ1) is 9.50. The van der Waals surface area contributed by atoms with Gasteiger partial charge in [-0.25, -0.2) is 0 Å². The van der Waals surface area contributed by atoms with Crippen LogP contribution in [0.5, 0.6) is 5.75 Å². The summed E-state index contributed by atoms with van der Waals surface area (Å²) in [4.78, 5) is 4.39. The van der Waals surface area contributed by atoms with Crippen molar-refractivity contribution in [2.24, 2.45) is 5.41 Å². The highest BCUT2D eigenvalue weighted by Gasteiger charge is 2.28. The Morgan fingerprint density at radius 3 is 2.70 bits per heavy atom. The molecule has 1 aliphatic rings. The summed E-state index contributed by atoms with van der Waals surface area (Å²) in [6, 6.07) is 2.08. The largest absolute Gasteiger partial charge is 0.490 e. The highest BCUT2D eigenvalue weighted by Crippen LogP contribution is 2.37. The van der Waals surface area contributed by atoms with Gasteiger partial charge in [0, 0.05) is 30.1 Å². The summed E-state index contributed by atoms with van der Waals surface area (Å²) in [5, 5.41) is 3.35. The van der Waals surface area contributed by atoms with Gasteiger partial charge in [-0.05, 0) is 44.6 Å². The zero-order valence-electron chi connectivity index (χ0n) is 13.3. The minimum Gasteiger partial charge on any atom is -0.490 e. The number of hydrogen-bond acceptors (Lipinski definition) is 3. The first kappa shape index (κ1) is 15.3. The maximum atomic E-state index is 6.28. The van der Waals surface area contributed by atoms with E-state index in [-0.39, 0.29) is 0 Å². The van der Waals surface area contributed by atoms with E-state index in [0.717, 1.165) is 37.4 Å². The molecule has 0 spiro atoms. The fraction of sp³-hybridized carbons (Fsp3) is 0.706. The van der Waals surface area contributed by atoms with E-state index >= 15 is 0 Å². The summed E-state index contributed by atoms with van der Waals surface area (Å²) in [5.74, 6) is 1.02. The van der Waals surface area contributed by atoms with E-state index in [9.17, 15) is 0 Å². The molecule has 1 N–H and O–H groups in total. The fourth-order valence-electron chi connectivity index (χ4n) is 2.74. The van der Waals surface area contributed by atoms with E-state index in [2.05, 4.69) is 37.1 Å². The Kier molecular flexibility index (Phi) is 5.03. The lowest BCUT2D eigenvalue weighted by molar-refractivity contribution is 0.0977. The third-order valence-corrected chi connectivity index (χ3v) is 4.23. The number of nitrogens with one attached hydrogen (secondary N) is 1. The molecular formula is C17H28N2O. The van der Waals surface area contributed by atoms with Crippen molar-refractivity contribution >= 4 is 0 Å². The van der Waals surface area contributed by atoms with Gasteiger partial charge in [0.15, 0.2) is 0 Å². The standard InChI is InChI=1S/C17H28N2O/c1-5-18-11-14-12-19-13(2)10-16(14)20-15-6-8-17(3,4)9-7-15/h10,12,15,18H,5-9,11H2,1-4H3. The Morgan fingerprint density at radius 2 is 2.05 bits per heavy atom. The van der Waals surface area contributed by atoms with Gasteiger partial charge in [0.1, 0.15) is 5.75 Å². The summed E-state index contributed by atoms with van der Waals surface area (Å²) >= 11 is 0. The predicted octanol–water partition coefficient (Wildman–Crippen LogP) is 3.85. The molecule has 1 aromatic heterocycles. The number of aromatic nitrogens is 1. The quantitative estimate of drug-likeness (QED) is 0.887. The van der Waals surface area contributed by atoms with Crippen LogP contribution in [-0.4, -0.2) is 17.6 Å². The van der Waals surface area contributed by atoms with Gasteiger partial charge in [-0.1, -0.05) is 20.8 Å². The van der Waals surface area contributed by atoms with E-state index in [4.69, 9.17) is 4.74 Å². The SMILES string of the molecule is CCNCc1cnc(C)cc1OC1CCC(C)(C)CC1. The molecule has 2 rings (SSSR count). The smallest absolute Gasteiger partial charge is 0.127 e. The summed E-state index contributed by atoms with van der Waals surface area (Å²) in [6.07, 6.45) is 7.14. The lowest BCUT2D eigenvalue weighted by Crippen LogP contribution is -2.29. The van der Waals surface area contributed by atoms with Gasteiger partial charge in [-0.3, -0.25) is 4.98 Å². The van der Waals surface area contributed by atoms with Crippen LogP contribution >= 0.6 is 0 Å². The van der Waals surface area contributed by atoms with Gasteiger partial charge >= 0.3 is 0 Å². The Hall–Kier alpha value is -1.09. The third-order valence-electron chi connectivity index (χ3n) is 4.23. The molecule has 112 valence electrons. The molecule has 0 amide bonds. The van der Waals surface area contributed by atoms with Crippen molar-refractivity contribution in [3.8, 4) is 5.75 Å². The molecule has 1 aliphatic carbocycles. The Morgan fingerprint density at radius 1 is 1.35 bits per heavy atom. The molecule has 0 unspecified atom stereocenters. The van der Waals surface area contributed by atoms with Crippen LogP contribution in [0.1, 0.15) is 57.7 Å². The van der Waals surface area contributed by atoms with E-state index in [1.807, 2.05) is 13.1 Å². The number of aryl methyl sites for hydroxylation is 1. The van der Waals surface area contributed by atoms with Crippen molar-refractivity contribution in [2.45, 2.75) is 66.0 Å². The Bertz CT molecular complexity index is 433. The maximum Gasteiger partial charge on any atom is 0.127 e. The second-order valence-electron chi connectivity index (χ2n) is 6.70. The van der Waals surface area contributed by atoms with Crippen molar-refractivity contribution in [1.29, 1.82) is 0 Å². The van der Waals surface area contributed by atoms with Crippen LogP contribution in [0.4, 0.5) is 0 Å². The topological polar surface area (TPSA) is 34.2 Å². The van der Waals surface area contributed by atoms with Crippen molar-refractivity contribution in [2.75, 3.05) is 6.54 Å². The van der Waals surface area contributed by atoms with E-state index < -0.39 is 0 Å². The van der Waals surface area contributed by atoms with Crippen LogP contribution < -0.4 is 10.1 Å². The number of pyridine rings is 1. The van der Waals surface area contributed by atoms with Gasteiger partial charge in [0.05, 0.1) is 6.10 Å². The molecule has 0 bridgehead atoms. The highest BCUT2D eigenvalue weighted by molar-refractivity contribution is 5.33. The molecule has 1 heterocycles. The van der Waals surface area contributed by atoms with E-state index in [1.165, 1.54) is 18.4 Å². The van der Waals surface area contributed by atoms with Gasteiger partial charge in [-0.2, -0.15) is 0 Å². The molecule has 1 aromatic rings. The molecule has 0 radical (unpaired) electrons. The van der Waals surface area contributed by atoms with Crippen LogP contribution in [0.15, 0.2) is 12.3 Å². The average molecular weight is 276 g/mol. The molecule has 1 saturated carbocycles. The molecule has 1 fully saturated rings. The molecule has 0 aromatic carbocycles. The average Bonchev–Trinajstić information content (AvgIpc) is 2.40. The van der Waals surface area contributed by atoms with E-state index in [0.29, 0.717) is 11.5 Å². The van der Waals surface area contributed by atoms with E-state index in [1.54, 1.807) is 0 Å². The van der Waals surface area contributed by atoms with Crippen molar-refractivity contribution in [3.63, 3.8) is 0 Å². The third kappa shape index (κ3) is 4.20. The molecule has 20 heavy (non-hydrogen) atoms. The number of nitrogens with zero attached hydrogens (tertiary/aromatic N) is 1. The van der Waals surface area contributed by atoms with Crippen molar-refractivity contribution in [1.82, 2.24) is 10.3 Å². The zero-order valence-corrected chi connectivity index (χ0v) is 13.3. The summed E-state index contributed by atoms with van der Waals surface area (Å²) < 4.78 is 6.28. The molecule has 0 saturated heterocycles. The number of rotatable bonds is 5. The Labute approximate surface area is 123 Å². The highest BCUT2D eigenvalue weighted by atomic mass is 16.5. The molecule has 0 aliphatic heterocycles. The second-order valence-corrected chi connectivity index (χ2v) is 6.70. The van der Waals surface area contributed by atoms with Crippen LogP contribution in [0.25, 0.3) is 0 Å². The van der Waals surface area contributed by atoms with Crippen LogP contribution in [-0.2, 0) is 6.54 Å². The zero-order chi connectivity index (χ0) is 14.6. The normalized spacial score (nSPS) is 19.0. The summed E-state index contributed by atoms with van der Waals surface area (Å²) in [6.45, 7) is 10.6. The first-order valence-corrected chi connectivity index (χ1v) is 7.83. The van der Waals surface area contributed by atoms with Crippen molar-refractivity contribution in [3.05, 3.63) is 23.5 Å². The van der Waals surface area contributed by atoms with Crippen LogP contribution in [0.3, 0.4) is 0 Å². The van der Waals surface area contributed by atoms with Crippen LogP contribution in [0.2, 0.25) is 0 Å². The minimum atomic E-state index is 0.366. The fourth-order valence-corrected chi connectivity index (χ4v) is 2.74. The number of ether oxygens (including phenoxy) is 1. The van der Waals surface area contributed by atoms with Crippen LogP contribution in [0, 0.1) is 12.3 Å². The van der Waals surface area contributed by atoms with Gasteiger partial charge < -0.3 is 10.1 Å². The lowest BCUT2D eigenvalue weighted by Gasteiger charge is -2.34. The summed E-state index contributed by atoms with van der Waals surface area (Å²) in [7, 11) is 0.